The standard InChI is InChI=1S/C27H32N2O2.2C23H24N2O2.C18H21BrN2O2.C9H13BO2.C6H4BrNO2/c1-20(2)22-12-9-13-23(18-22)24-14-15-25(28-19-24)26(30)29(31-27(3,4)5)17-16-21-10-7-6-8-11-21;2*1-17(2)19-9-6-10-20(15-19)21-11-12-22(24-16-21)23(26)25(27)14-13-18-7-4-3-5-8-18;1-18(2,3)23-21(12-11-14-7-5-4-6-8-14)17(22)16-10-9-15(19)13-20-16;1-7(2)8-4-3-5-9(6-8)10(11)12;7-4-1-2-5(6(9)10)8-3-4/h6-15,18-20H,16-17H2,1-5H3;2*3-12,15-17,27H,13-14H2,1-2H3;4-10,13H,11-12H2,1-3H3;3-7,11-12H,1-2H3;1-3H,(H,9,10). The summed E-state index contributed by atoms with van der Waals surface area (Å²) in [5, 5.41) is 50.6. The van der Waals surface area contributed by atoms with E-state index in [4.69, 9.17) is 24.8 Å². The molecule has 0 aliphatic rings. The maximum Gasteiger partial charge on any atom is 0.488 e. The molecule has 0 spiro atoms. The van der Waals surface area contributed by atoms with Crippen LogP contribution in [0.4, 0.5) is 0 Å². The lowest BCUT2D eigenvalue weighted by Crippen LogP contribution is -2.40. The molecule has 0 aliphatic carbocycles. The molecule has 5 N–H and O–H groups in total. The number of hydrogen-bond donors (Lipinski definition) is 5. The summed E-state index contributed by atoms with van der Waals surface area (Å²) >= 11 is 6.46. The van der Waals surface area contributed by atoms with E-state index in [0.29, 0.717) is 72.9 Å². The average molecular weight is 1880 g/mol. The fourth-order valence-electron chi connectivity index (χ4n) is 12.7. The first kappa shape index (κ1) is 103. The van der Waals surface area contributed by atoms with Crippen molar-refractivity contribution in [3.63, 3.8) is 0 Å². The molecule has 5 heterocycles. The van der Waals surface area contributed by atoms with Crippen LogP contribution in [0.15, 0.2) is 319 Å². The quantitative estimate of drug-likeness (QED) is 0.0182. The zero-order chi connectivity index (χ0) is 94.5. The Bertz CT molecular complexity index is 5470. The maximum absolute atomic E-state index is 13.2. The van der Waals surface area contributed by atoms with Crippen molar-refractivity contribution in [2.45, 2.75) is 157 Å². The SMILES string of the molecule is CC(C)(C)ON(CCc1ccccc1)C(=O)c1ccc(Br)cn1.CC(C)c1cccc(-c2ccc(C(=O)N(CCc3ccccc3)OC(C)(C)C)nc2)c1.CC(C)c1cccc(-c2ccc(C(=O)N(O)CCc3ccccc3)nc2)c1.CC(C)c1cccc(-c2ccc(C(=O)N(O)CCc3ccccc3)nc2)c1.CC(C)c1cccc(B(O)O)c1.O=C(O)c1ccc(Br)cn1. The number of aromatic carboxylic acids is 1. The molecule has 0 saturated carbocycles. The number of carboxylic acids is 1. The van der Waals surface area contributed by atoms with Crippen LogP contribution in [0.3, 0.4) is 0 Å². The van der Waals surface area contributed by atoms with Gasteiger partial charge in [-0.1, -0.05) is 292 Å². The van der Waals surface area contributed by atoms with Crippen LogP contribution in [0, 0.1) is 0 Å². The molecule has 8 aromatic carbocycles. The summed E-state index contributed by atoms with van der Waals surface area (Å²) in [5.74, 6) is -0.672. The van der Waals surface area contributed by atoms with Crippen molar-refractivity contribution in [3.8, 4) is 33.4 Å². The number of hydrogen-bond acceptors (Lipinski definition) is 16. The number of pyridine rings is 5. The Balaban J connectivity index is 0.000000199. The number of carbonyl (C=O) groups excluding carboxylic acids is 4. The topological polar surface area (TPSA) is 282 Å². The Morgan fingerprint density at radius 3 is 0.854 bits per heavy atom. The van der Waals surface area contributed by atoms with Gasteiger partial charge < -0.3 is 15.2 Å². The van der Waals surface area contributed by atoms with E-state index < -0.39 is 36.1 Å². The van der Waals surface area contributed by atoms with Crippen molar-refractivity contribution >= 4 is 74.0 Å². The van der Waals surface area contributed by atoms with Crippen LogP contribution < -0.4 is 5.46 Å². The highest BCUT2D eigenvalue weighted by Gasteiger charge is 2.27. The van der Waals surface area contributed by atoms with Crippen molar-refractivity contribution < 1.29 is 59.2 Å². The molecule has 130 heavy (non-hydrogen) atoms. The first-order valence-corrected chi connectivity index (χ1v) is 44.9. The summed E-state index contributed by atoms with van der Waals surface area (Å²) in [6, 6.07) is 89.4. The molecule has 4 amide bonds. The molecule has 0 saturated heterocycles. The summed E-state index contributed by atoms with van der Waals surface area (Å²) in [5.41, 5.74) is 16.4. The second-order valence-corrected chi connectivity index (χ2v) is 35.7. The first-order chi connectivity index (χ1) is 62.0. The van der Waals surface area contributed by atoms with E-state index in [2.05, 4.69) is 173 Å². The van der Waals surface area contributed by atoms with E-state index in [1.54, 1.807) is 67.3 Å². The number of hydroxylamine groups is 8. The predicted octanol–water partition coefficient (Wildman–Crippen LogP) is 22.5. The summed E-state index contributed by atoms with van der Waals surface area (Å²) in [7, 11) is -1.36. The number of carboxylic acid groups (broad SMARTS) is 1. The first-order valence-electron chi connectivity index (χ1n) is 43.3. The third-order valence-corrected chi connectivity index (χ3v) is 20.8. The molecule has 0 atom stereocenters. The Morgan fingerprint density at radius 2 is 0.592 bits per heavy atom. The van der Waals surface area contributed by atoms with E-state index in [1.165, 1.54) is 39.1 Å². The van der Waals surface area contributed by atoms with Crippen LogP contribution in [0.5, 0.6) is 0 Å². The van der Waals surface area contributed by atoms with Crippen LogP contribution in [0.2, 0.25) is 0 Å². The number of aromatic nitrogens is 5. The van der Waals surface area contributed by atoms with Crippen LogP contribution in [0.1, 0.15) is 218 Å². The maximum atomic E-state index is 13.2. The van der Waals surface area contributed by atoms with Gasteiger partial charge in [-0.15, -0.1) is 0 Å². The third kappa shape index (κ3) is 35.3. The molecule has 0 aliphatic heterocycles. The molecule has 0 bridgehead atoms. The Labute approximate surface area is 782 Å². The van der Waals surface area contributed by atoms with Crippen molar-refractivity contribution in [2.75, 3.05) is 26.2 Å². The zero-order valence-electron chi connectivity index (χ0n) is 76.4. The molecule has 5 aromatic heterocycles. The molecular weight excluding hydrogens is 1760 g/mol. The van der Waals surface area contributed by atoms with Crippen molar-refractivity contribution in [2.24, 2.45) is 0 Å². The van der Waals surface area contributed by atoms with E-state index in [0.717, 1.165) is 86.7 Å². The van der Waals surface area contributed by atoms with Gasteiger partial charge in [0.15, 0.2) is 0 Å². The second kappa shape index (κ2) is 51.7. The van der Waals surface area contributed by atoms with Gasteiger partial charge in [0.05, 0.1) is 37.4 Å². The number of rotatable bonds is 27. The number of halogens is 2. The Kier molecular flexibility index (Phi) is 41.0. The number of nitrogens with zero attached hydrogens (tertiary/aromatic N) is 9. The largest absolute Gasteiger partial charge is 0.488 e. The van der Waals surface area contributed by atoms with Gasteiger partial charge in [-0.3, -0.25) is 54.2 Å². The molecule has 0 radical (unpaired) electrons. The highest BCUT2D eigenvalue weighted by atomic mass is 79.9. The average Bonchev–Trinajstić information content (AvgIpc) is 0.607. The zero-order valence-corrected chi connectivity index (χ0v) is 79.5. The Morgan fingerprint density at radius 1 is 0.323 bits per heavy atom. The van der Waals surface area contributed by atoms with Gasteiger partial charge in [0.2, 0.25) is 0 Å². The number of benzene rings is 8. The van der Waals surface area contributed by atoms with Gasteiger partial charge in [-0.25, -0.2) is 35.0 Å². The fraction of sp³-hybridized carbons (Fsp3) is 0.264. The Hall–Kier alpha value is -12.4. The minimum Gasteiger partial charge on any atom is -0.477 e. The normalized spacial score (nSPS) is 10.9. The lowest BCUT2D eigenvalue weighted by atomic mass is 9.79. The minimum atomic E-state index is -1.36. The third-order valence-electron chi connectivity index (χ3n) is 19.9. The van der Waals surface area contributed by atoms with Gasteiger partial charge in [-0.2, -0.15) is 0 Å². The van der Waals surface area contributed by atoms with E-state index in [-0.39, 0.29) is 42.0 Å². The molecule has 0 unspecified atom stereocenters. The molecule has 24 heteroatoms. The smallest absolute Gasteiger partial charge is 0.477 e. The second-order valence-electron chi connectivity index (χ2n) is 33.9. The molecule has 13 rings (SSSR count). The summed E-state index contributed by atoms with van der Waals surface area (Å²) < 4.78 is 1.61. The number of amides is 4. The van der Waals surface area contributed by atoms with E-state index in [1.807, 2.05) is 211 Å². The van der Waals surface area contributed by atoms with Crippen molar-refractivity contribution in [1.82, 2.24) is 45.2 Å². The van der Waals surface area contributed by atoms with Crippen molar-refractivity contribution in [1.29, 1.82) is 0 Å². The fourth-order valence-corrected chi connectivity index (χ4v) is 13.1. The summed E-state index contributed by atoms with van der Waals surface area (Å²) in [6.45, 7) is 30.1. The van der Waals surface area contributed by atoms with Crippen LogP contribution >= 0.6 is 31.9 Å². The summed E-state index contributed by atoms with van der Waals surface area (Å²) in [6.07, 6.45) is 10.8. The lowest BCUT2D eigenvalue weighted by molar-refractivity contribution is -0.195. The predicted molar refractivity (Wildman–Crippen MR) is 522 cm³/mol. The highest BCUT2D eigenvalue weighted by Crippen LogP contribution is 2.29. The van der Waals surface area contributed by atoms with Crippen LogP contribution in [-0.4, -0.2) is 145 Å². The van der Waals surface area contributed by atoms with Gasteiger partial charge in [0, 0.05) is 56.6 Å². The van der Waals surface area contributed by atoms with Crippen LogP contribution in [-0.2, 0) is 35.4 Å². The lowest BCUT2D eigenvalue weighted by Gasteiger charge is -2.29. The summed E-state index contributed by atoms with van der Waals surface area (Å²) in [4.78, 5) is 93.4. The molecular formula is C106H118BBr2N9O12. The monoisotopic (exact) mass is 1880 g/mol. The highest BCUT2D eigenvalue weighted by molar-refractivity contribution is 9.10. The van der Waals surface area contributed by atoms with Gasteiger partial charge in [0.25, 0.3) is 23.6 Å². The van der Waals surface area contributed by atoms with Gasteiger partial charge >= 0.3 is 13.1 Å². The molecule has 21 nitrogen and oxygen atoms in total. The van der Waals surface area contributed by atoms with Gasteiger partial charge in [-0.05, 0) is 232 Å². The van der Waals surface area contributed by atoms with E-state index >= 15 is 0 Å². The number of carbonyl (C=O) groups is 5. The van der Waals surface area contributed by atoms with Gasteiger partial charge in [0.1, 0.15) is 28.5 Å². The van der Waals surface area contributed by atoms with Crippen molar-refractivity contribution in [3.05, 3.63) is 392 Å². The minimum absolute atomic E-state index is 0.0585. The molecule has 13 aromatic rings. The molecule has 0 fully saturated rings. The van der Waals surface area contributed by atoms with E-state index in [9.17, 15) is 34.4 Å². The van der Waals surface area contributed by atoms with Crippen LogP contribution in [0.25, 0.3) is 33.4 Å². The molecule has 676 valence electrons.